The molecule has 0 heterocycles. The minimum atomic E-state index is -4.25. The normalized spacial score (nSPS) is 11.4. The zero-order chi connectivity index (χ0) is 17.4. The van der Waals surface area contributed by atoms with E-state index in [0.717, 1.165) is 33.4 Å². The highest BCUT2D eigenvalue weighted by atomic mass is 31.2. The Morgan fingerprint density at radius 1 is 0.696 bits per heavy atom. The van der Waals surface area contributed by atoms with Crippen molar-refractivity contribution in [1.82, 2.24) is 0 Å². The maximum Gasteiger partial charge on any atom is 0.584 e. The Bertz CT molecular complexity index is 686. The SMILES string of the molecule is Cc1cc(OP(=O)(O)Oc2cc(C)c(C)c(C)c2)cc(C)c1C. The van der Waals surface area contributed by atoms with Crippen LogP contribution in [-0.2, 0) is 4.57 Å². The van der Waals surface area contributed by atoms with Crippen molar-refractivity contribution < 1.29 is 18.5 Å². The van der Waals surface area contributed by atoms with Crippen molar-refractivity contribution in [3.63, 3.8) is 0 Å². The number of rotatable bonds is 4. The molecule has 124 valence electrons. The van der Waals surface area contributed by atoms with Gasteiger partial charge in [0.05, 0.1) is 0 Å². The Morgan fingerprint density at radius 2 is 0.957 bits per heavy atom. The predicted octanol–water partition coefficient (Wildman–Crippen LogP) is 5.10. The molecule has 0 radical (unpaired) electrons. The van der Waals surface area contributed by atoms with Crippen LogP contribution in [0.3, 0.4) is 0 Å². The lowest BCUT2D eigenvalue weighted by atomic mass is 10.0. The largest absolute Gasteiger partial charge is 0.584 e. The van der Waals surface area contributed by atoms with Crippen molar-refractivity contribution in [3.05, 3.63) is 57.6 Å². The van der Waals surface area contributed by atoms with Gasteiger partial charge in [-0.3, -0.25) is 4.89 Å². The van der Waals surface area contributed by atoms with Crippen molar-refractivity contribution in [2.45, 2.75) is 41.5 Å². The molecule has 0 aliphatic rings. The van der Waals surface area contributed by atoms with E-state index in [1.807, 2.05) is 41.5 Å². The second-order valence-electron chi connectivity index (χ2n) is 6.02. The Hall–Kier alpha value is -1.77. The van der Waals surface area contributed by atoms with Crippen molar-refractivity contribution in [1.29, 1.82) is 0 Å². The van der Waals surface area contributed by atoms with Gasteiger partial charge in [-0.15, -0.1) is 0 Å². The molecule has 0 aliphatic heterocycles. The van der Waals surface area contributed by atoms with Gasteiger partial charge in [0.1, 0.15) is 11.5 Å². The maximum absolute atomic E-state index is 12.3. The molecule has 2 aromatic rings. The molecule has 0 fully saturated rings. The molecule has 0 spiro atoms. The van der Waals surface area contributed by atoms with Gasteiger partial charge >= 0.3 is 7.82 Å². The number of aryl methyl sites for hydroxylation is 4. The van der Waals surface area contributed by atoms with Gasteiger partial charge in [-0.2, -0.15) is 0 Å². The first-order chi connectivity index (χ1) is 10.6. The average Bonchev–Trinajstić information content (AvgIpc) is 2.41. The summed E-state index contributed by atoms with van der Waals surface area (Å²) >= 11 is 0. The lowest BCUT2D eigenvalue weighted by Crippen LogP contribution is -2.02. The standard InChI is InChI=1S/C18H23O4P/c1-11-7-17(8-12(2)15(11)5)21-23(19,20)22-18-9-13(3)16(6)14(4)10-18/h7-10H,1-6H3,(H,19,20). The number of hydrogen-bond acceptors (Lipinski definition) is 3. The fourth-order valence-corrected chi connectivity index (χ4v) is 3.16. The summed E-state index contributed by atoms with van der Waals surface area (Å²) < 4.78 is 22.7. The van der Waals surface area contributed by atoms with Crippen LogP contribution in [0.5, 0.6) is 11.5 Å². The Kier molecular flexibility index (Phi) is 4.88. The molecule has 0 bridgehead atoms. The van der Waals surface area contributed by atoms with Crippen LogP contribution in [0.4, 0.5) is 0 Å². The zero-order valence-electron chi connectivity index (χ0n) is 14.4. The molecule has 0 aliphatic carbocycles. The van der Waals surface area contributed by atoms with E-state index in [2.05, 4.69) is 0 Å². The molecule has 0 atom stereocenters. The third kappa shape index (κ3) is 4.15. The number of phosphoric acid groups is 1. The Labute approximate surface area is 137 Å². The highest BCUT2D eigenvalue weighted by Crippen LogP contribution is 2.45. The number of hydrogen-bond donors (Lipinski definition) is 1. The zero-order valence-corrected chi connectivity index (χ0v) is 15.3. The first-order valence-corrected chi connectivity index (χ1v) is 8.96. The van der Waals surface area contributed by atoms with Gasteiger partial charge in [-0.05, 0) is 99.2 Å². The molecular weight excluding hydrogens is 311 g/mol. The fourth-order valence-electron chi connectivity index (χ4n) is 2.38. The van der Waals surface area contributed by atoms with Crippen LogP contribution < -0.4 is 9.05 Å². The van der Waals surface area contributed by atoms with Crippen LogP contribution in [0.2, 0.25) is 0 Å². The maximum atomic E-state index is 12.3. The number of phosphoric ester groups is 1. The summed E-state index contributed by atoms with van der Waals surface area (Å²) in [5.74, 6) is 0.661. The number of benzene rings is 2. The molecule has 0 saturated heterocycles. The van der Waals surface area contributed by atoms with Crippen LogP contribution in [0, 0.1) is 41.5 Å². The van der Waals surface area contributed by atoms with Crippen molar-refractivity contribution in [2.24, 2.45) is 0 Å². The first kappa shape index (κ1) is 17.6. The van der Waals surface area contributed by atoms with Crippen molar-refractivity contribution >= 4 is 7.82 Å². The third-order valence-corrected chi connectivity index (χ3v) is 5.13. The molecule has 2 rings (SSSR count). The molecule has 5 heteroatoms. The molecule has 23 heavy (non-hydrogen) atoms. The second-order valence-corrected chi connectivity index (χ2v) is 7.32. The molecule has 4 nitrogen and oxygen atoms in total. The smallest absolute Gasteiger partial charge is 0.395 e. The van der Waals surface area contributed by atoms with E-state index in [9.17, 15) is 9.46 Å². The van der Waals surface area contributed by atoms with Crippen LogP contribution in [0.15, 0.2) is 24.3 Å². The van der Waals surface area contributed by atoms with Crippen LogP contribution in [0.1, 0.15) is 33.4 Å². The van der Waals surface area contributed by atoms with E-state index in [-0.39, 0.29) is 0 Å². The summed E-state index contributed by atoms with van der Waals surface area (Å²) in [6.07, 6.45) is 0. The van der Waals surface area contributed by atoms with E-state index in [1.54, 1.807) is 24.3 Å². The monoisotopic (exact) mass is 334 g/mol. The van der Waals surface area contributed by atoms with Gasteiger partial charge in [-0.25, -0.2) is 4.57 Å². The van der Waals surface area contributed by atoms with E-state index in [1.165, 1.54) is 0 Å². The lowest BCUT2D eigenvalue weighted by Gasteiger charge is -2.17. The summed E-state index contributed by atoms with van der Waals surface area (Å²) in [5, 5.41) is 0. The van der Waals surface area contributed by atoms with E-state index in [4.69, 9.17) is 9.05 Å². The van der Waals surface area contributed by atoms with Gasteiger partial charge in [0.2, 0.25) is 0 Å². The fraction of sp³-hybridized carbons (Fsp3) is 0.333. The molecule has 0 amide bonds. The Balaban J connectivity index is 2.24. The molecule has 2 aromatic carbocycles. The lowest BCUT2D eigenvalue weighted by molar-refractivity contribution is 0.290. The van der Waals surface area contributed by atoms with Crippen molar-refractivity contribution in [3.8, 4) is 11.5 Å². The molecule has 0 unspecified atom stereocenters. The highest BCUT2D eigenvalue weighted by Gasteiger charge is 2.26. The van der Waals surface area contributed by atoms with Crippen LogP contribution in [0.25, 0.3) is 0 Å². The molecule has 0 aromatic heterocycles. The second kappa shape index (κ2) is 6.38. The summed E-state index contributed by atoms with van der Waals surface area (Å²) in [5.41, 5.74) is 6.28. The van der Waals surface area contributed by atoms with Gasteiger partial charge < -0.3 is 9.05 Å². The Morgan fingerprint density at radius 3 is 1.22 bits per heavy atom. The third-order valence-electron chi connectivity index (χ3n) is 4.24. The topological polar surface area (TPSA) is 55.8 Å². The van der Waals surface area contributed by atoms with Crippen LogP contribution >= 0.6 is 7.82 Å². The summed E-state index contributed by atoms with van der Waals surface area (Å²) in [7, 11) is -4.25. The van der Waals surface area contributed by atoms with E-state index >= 15 is 0 Å². The van der Waals surface area contributed by atoms with Gasteiger partial charge in [0.15, 0.2) is 0 Å². The minimum absolute atomic E-state index is 0.331. The van der Waals surface area contributed by atoms with E-state index < -0.39 is 7.82 Å². The molecule has 0 saturated carbocycles. The van der Waals surface area contributed by atoms with Gasteiger partial charge in [0, 0.05) is 0 Å². The summed E-state index contributed by atoms with van der Waals surface area (Å²) in [4.78, 5) is 10.0. The molecule has 1 N–H and O–H groups in total. The summed E-state index contributed by atoms with van der Waals surface area (Å²) in [6, 6.07) is 6.95. The van der Waals surface area contributed by atoms with Crippen molar-refractivity contribution in [2.75, 3.05) is 0 Å². The van der Waals surface area contributed by atoms with E-state index in [0.29, 0.717) is 11.5 Å². The first-order valence-electron chi connectivity index (χ1n) is 7.47. The summed E-state index contributed by atoms with van der Waals surface area (Å²) in [6.45, 7) is 11.7. The van der Waals surface area contributed by atoms with Crippen LogP contribution in [-0.4, -0.2) is 4.89 Å². The molecular formula is C18H23O4P. The predicted molar refractivity (Wildman–Crippen MR) is 92.4 cm³/mol. The minimum Gasteiger partial charge on any atom is -0.395 e. The van der Waals surface area contributed by atoms with Gasteiger partial charge in [0.25, 0.3) is 0 Å². The highest BCUT2D eigenvalue weighted by molar-refractivity contribution is 7.48. The van der Waals surface area contributed by atoms with Gasteiger partial charge in [-0.1, -0.05) is 0 Å². The quantitative estimate of drug-likeness (QED) is 0.791. The average molecular weight is 334 g/mol.